The van der Waals surface area contributed by atoms with Crippen LogP contribution >= 0.6 is 0 Å². The number of hydrogen-bond acceptors (Lipinski definition) is 2. The Labute approximate surface area is 338 Å². The van der Waals surface area contributed by atoms with E-state index < -0.39 is 0 Å². The molecule has 0 saturated heterocycles. The lowest BCUT2D eigenvalue weighted by molar-refractivity contribution is 1.06. The van der Waals surface area contributed by atoms with Crippen LogP contribution in [0.25, 0.3) is 125 Å². The van der Waals surface area contributed by atoms with E-state index in [1.165, 1.54) is 86.2 Å². The summed E-state index contributed by atoms with van der Waals surface area (Å²) in [6.45, 7) is 0. The molecule has 10 aromatic carbocycles. The fourth-order valence-electron chi connectivity index (χ4n) is 10.1. The van der Waals surface area contributed by atoms with Gasteiger partial charge in [0, 0.05) is 23.2 Å². The Bertz CT molecular complexity index is 3940. The first-order chi connectivity index (χ1) is 29.3. The Balaban J connectivity index is 1.24. The molecule has 3 heteroatoms. The minimum absolute atomic E-state index is 0.856. The normalized spacial score (nSPS) is 12.1. The average molecular weight is 748 g/mol. The van der Waals surface area contributed by atoms with Gasteiger partial charge in [-0.3, -0.25) is 4.57 Å². The minimum atomic E-state index is 0.856. The van der Waals surface area contributed by atoms with Crippen LogP contribution in [0.15, 0.2) is 200 Å². The highest BCUT2D eigenvalue weighted by atomic mass is 15.1. The highest BCUT2D eigenvalue weighted by Crippen LogP contribution is 2.44. The zero-order valence-corrected chi connectivity index (χ0v) is 31.9. The zero-order valence-electron chi connectivity index (χ0n) is 31.9. The summed E-state index contributed by atoms with van der Waals surface area (Å²) in [5.74, 6) is 0.856. The van der Waals surface area contributed by atoms with Gasteiger partial charge < -0.3 is 0 Å². The van der Waals surface area contributed by atoms with Crippen LogP contribution in [0.2, 0.25) is 0 Å². The Hall–Kier alpha value is -7.88. The van der Waals surface area contributed by atoms with Gasteiger partial charge in [0.1, 0.15) is 11.5 Å². The minimum Gasteiger partial charge on any atom is -0.278 e. The SMILES string of the molecule is c1ccc(-n2c3ccc(-c4ccc5c6ccccc6c6ccccc6c6ccccc6c6c(cc7ccc8cccc9ccc6c7c89)c5c4)cc3c3cccnc32)nc1. The maximum absolute atomic E-state index is 4.85. The molecule has 3 aromatic heterocycles. The molecule has 0 amide bonds. The van der Waals surface area contributed by atoms with Gasteiger partial charge in [0.15, 0.2) is 0 Å². The first kappa shape index (κ1) is 32.2. The van der Waals surface area contributed by atoms with Gasteiger partial charge in [0.2, 0.25) is 0 Å². The first-order valence-electron chi connectivity index (χ1n) is 20.2. The van der Waals surface area contributed by atoms with E-state index in [0.29, 0.717) is 0 Å². The van der Waals surface area contributed by atoms with E-state index in [9.17, 15) is 0 Å². The van der Waals surface area contributed by atoms with Gasteiger partial charge in [-0.1, -0.05) is 140 Å². The Kier molecular flexibility index (Phi) is 6.72. The standard InChI is InChI=1S/C56H33N3/c1-3-15-41-39(13-1)40-14-2-4-16-42(40)44-26-24-36(37-25-28-51-49(32-37)46-19-10-30-58-56(46)59(51)52-20-7-8-29-57-52)31-48(44)50-33-38-22-21-34-11-9-12-35-23-27-47(54(38)53(34)35)55(50)45-18-6-5-17-43(41)45/h1-33H. The van der Waals surface area contributed by atoms with E-state index >= 15 is 0 Å². The van der Waals surface area contributed by atoms with E-state index in [0.717, 1.165) is 38.9 Å². The summed E-state index contributed by atoms with van der Waals surface area (Å²) in [7, 11) is 0. The van der Waals surface area contributed by atoms with E-state index in [1.807, 2.05) is 36.7 Å². The van der Waals surface area contributed by atoms with Gasteiger partial charge in [-0.05, 0) is 146 Å². The molecule has 0 radical (unpaired) electrons. The third kappa shape index (κ3) is 4.64. The lowest BCUT2D eigenvalue weighted by atomic mass is 9.87. The van der Waals surface area contributed by atoms with Crippen LogP contribution in [-0.4, -0.2) is 14.5 Å². The second kappa shape index (κ2) is 12.3. The molecular formula is C56H33N3. The molecule has 13 aromatic rings. The van der Waals surface area contributed by atoms with Gasteiger partial charge in [-0.15, -0.1) is 0 Å². The molecule has 59 heavy (non-hydrogen) atoms. The quantitative estimate of drug-likeness (QED) is 0.165. The smallest absolute Gasteiger partial charge is 0.146 e. The Morgan fingerprint density at radius 3 is 1.56 bits per heavy atom. The van der Waals surface area contributed by atoms with Crippen molar-refractivity contribution >= 4 is 108 Å². The van der Waals surface area contributed by atoms with Crippen molar-refractivity contribution in [3.63, 3.8) is 0 Å². The highest BCUT2D eigenvalue weighted by Gasteiger charge is 2.18. The Morgan fingerprint density at radius 1 is 0.288 bits per heavy atom. The number of fused-ring (bicyclic) bond motifs is 14. The molecular weight excluding hydrogens is 715 g/mol. The summed E-state index contributed by atoms with van der Waals surface area (Å²) in [6, 6.07) is 69.5. The van der Waals surface area contributed by atoms with Crippen molar-refractivity contribution < 1.29 is 0 Å². The summed E-state index contributed by atoms with van der Waals surface area (Å²) >= 11 is 0. The van der Waals surface area contributed by atoms with Crippen LogP contribution < -0.4 is 0 Å². The fraction of sp³-hybridized carbons (Fsp3) is 0. The molecule has 0 spiro atoms. The van der Waals surface area contributed by atoms with Crippen LogP contribution in [-0.2, 0) is 0 Å². The topological polar surface area (TPSA) is 30.7 Å². The van der Waals surface area contributed by atoms with Gasteiger partial charge in [0.05, 0.1) is 5.52 Å². The molecule has 0 unspecified atom stereocenters. The molecule has 3 nitrogen and oxygen atoms in total. The summed E-state index contributed by atoms with van der Waals surface area (Å²) in [4.78, 5) is 9.58. The van der Waals surface area contributed by atoms with Gasteiger partial charge in [-0.2, -0.15) is 0 Å². The predicted molar refractivity (Wildman–Crippen MR) is 251 cm³/mol. The van der Waals surface area contributed by atoms with Crippen LogP contribution in [0, 0.1) is 0 Å². The Morgan fingerprint density at radius 2 is 0.847 bits per heavy atom. The third-order valence-electron chi connectivity index (χ3n) is 12.6. The van der Waals surface area contributed by atoms with Crippen molar-refractivity contribution in [2.24, 2.45) is 0 Å². The second-order valence-electron chi connectivity index (χ2n) is 15.7. The molecule has 0 aliphatic carbocycles. The van der Waals surface area contributed by atoms with Crippen molar-refractivity contribution in [1.82, 2.24) is 14.5 Å². The van der Waals surface area contributed by atoms with Crippen LogP contribution in [0.4, 0.5) is 0 Å². The number of nitrogens with zero attached hydrogens (tertiary/aromatic N) is 3. The van der Waals surface area contributed by atoms with Crippen molar-refractivity contribution in [2.45, 2.75) is 0 Å². The molecule has 0 fully saturated rings. The lowest BCUT2D eigenvalue weighted by Gasteiger charge is -2.16. The maximum Gasteiger partial charge on any atom is 0.146 e. The molecule has 272 valence electrons. The van der Waals surface area contributed by atoms with Crippen LogP contribution in [0.5, 0.6) is 0 Å². The van der Waals surface area contributed by atoms with Gasteiger partial charge >= 0.3 is 0 Å². The van der Waals surface area contributed by atoms with Gasteiger partial charge in [-0.25, -0.2) is 9.97 Å². The van der Waals surface area contributed by atoms with Crippen LogP contribution in [0.1, 0.15) is 0 Å². The molecule has 0 N–H and O–H groups in total. The largest absolute Gasteiger partial charge is 0.278 e. The predicted octanol–water partition coefficient (Wildman–Crippen LogP) is 15.0. The molecule has 3 heterocycles. The summed E-state index contributed by atoms with van der Waals surface area (Å²) in [5, 5.41) is 22.3. The monoisotopic (exact) mass is 747 g/mol. The summed E-state index contributed by atoms with van der Waals surface area (Å²) < 4.78 is 2.17. The van der Waals surface area contributed by atoms with Gasteiger partial charge in [0.25, 0.3) is 0 Å². The number of aromatic nitrogens is 3. The van der Waals surface area contributed by atoms with E-state index in [4.69, 9.17) is 9.97 Å². The number of rotatable bonds is 2. The molecule has 13 rings (SSSR count). The molecule has 0 bridgehead atoms. The van der Waals surface area contributed by atoms with Crippen molar-refractivity contribution in [1.29, 1.82) is 0 Å². The number of pyridine rings is 2. The molecule has 0 atom stereocenters. The van der Waals surface area contributed by atoms with Crippen molar-refractivity contribution in [3.8, 4) is 16.9 Å². The van der Waals surface area contributed by atoms with Crippen LogP contribution in [0.3, 0.4) is 0 Å². The zero-order chi connectivity index (χ0) is 38.6. The highest BCUT2D eigenvalue weighted by molar-refractivity contribution is 6.36. The van der Waals surface area contributed by atoms with E-state index in [-0.39, 0.29) is 0 Å². The fourth-order valence-corrected chi connectivity index (χ4v) is 10.1. The van der Waals surface area contributed by atoms with Crippen molar-refractivity contribution in [3.05, 3.63) is 200 Å². The first-order valence-corrected chi connectivity index (χ1v) is 20.2. The maximum atomic E-state index is 4.85. The van der Waals surface area contributed by atoms with Crippen molar-refractivity contribution in [2.75, 3.05) is 0 Å². The third-order valence-corrected chi connectivity index (χ3v) is 12.6. The summed E-state index contributed by atoms with van der Waals surface area (Å²) in [5.41, 5.74) is 4.30. The van der Waals surface area contributed by atoms with E-state index in [1.54, 1.807) is 0 Å². The average Bonchev–Trinajstić information content (AvgIpc) is 3.64. The molecule has 0 aliphatic rings. The number of hydrogen-bond donors (Lipinski definition) is 0. The molecule has 0 aliphatic heterocycles. The van der Waals surface area contributed by atoms with E-state index in [2.05, 4.69) is 168 Å². The molecule has 0 saturated carbocycles. The lowest BCUT2D eigenvalue weighted by Crippen LogP contribution is -1.97. The number of benzene rings is 9. The second-order valence-corrected chi connectivity index (χ2v) is 15.7. The summed E-state index contributed by atoms with van der Waals surface area (Å²) in [6.07, 6.45) is 3.71.